The van der Waals surface area contributed by atoms with Crippen molar-refractivity contribution in [3.05, 3.63) is 41.0 Å². The first-order chi connectivity index (χ1) is 28.0. The lowest BCUT2D eigenvalue weighted by molar-refractivity contribution is -0.570. The minimum atomic E-state index is -0.912. The number of thiazole rings is 1. The molecule has 2 bridgehead atoms. The van der Waals surface area contributed by atoms with E-state index in [0.29, 0.717) is 25.3 Å². The van der Waals surface area contributed by atoms with Gasteiger partial charge in [0.1, 0.15) is 12.1 Å². The molecule has 5 aliphatic heterocycles. The van der Waals surface area contributed by atoms with Gasteiger partial charge in [0.2, 0.25) is 29.4 Å². The van der Waals surface area contributed by atoms with Crippen LogP contribution in [0.15, 0.2) is 29.8 Å². The van der Waals surface area contributed by atoms with Crippen molar-refractivity contribution < 1.29 is 43.5 Å². The van der Waals surface area contributed by atoms with E-state index in [9.17, 15) is 24.3 Å². The molecule has 0 radical (unpaired) electrons. The monoisotopic (exact) mass is 837 g/mol. The molecule has 1 aromatic carbocycles. The predicted octanol–water partition coefficient (Wildman–Crippen LogP) is 5.15. The summed E-state index contributed by atoms with van der Waals surface area (Å²) in [7, 11) is 0. The van der Waals surface area contributed by atoms with Crippen LogP contribution in [-0.4, -0.2) is 93.7 Å². The fourth-order valence-corrected chi connectivity index (χ4v) is 10.9. The quantitative estimate of drug-likeness (QED) is 0.156. The van der Waals surface area contributed by atoms with E-state index in [1.807, 2.05) is 64.4 Å². The molecule has 6 aliphatic rings. The van der Waals surface area contributed by atoms with Gasteiger partial charge in [-0.25, -0.2) is 14.8 Å². The summed E-state index contributed by atoms with van der Waals surface area (Å²) in [4.78, 5) is 72.9. The van der Waals surface area contributed by atoms with Gasteiger partial charge in [-0.15, -0.1) is 11.3 Å². The maximum absolute atomic E-state index is 14.0. The molecule has 4 amide bonds. The Balaban J connectivity index is 0.863. The molecule has 1 saturated carbocycles. The Labute approximate surface area is 351 Å². The molecule has 5 saturated heterocycles. The van der Waals surface area contributed by atoms with Gasteiger partial charge in [0, 0.05) is 44.8 Å². The van der Waals surface area contributed by atoms with Crippen molar-refractivity contribution in [2.24, 2.45) is 29.1 Å². The Morgan fingerprint density at radius 2 is 1.78 bits per heavy atom. The maximum Gasteiger partial charge on any atom is 0.246 e. The average Bonchev–Trinajstić information content (AvgIpc) is 3.73. The van der Waals surface area contributed by atoms with E-state index in [4.69, 9.17) is 19.2 Å². The number of rotatable bonds is 13. The maximum atomic E-state index is 14.0. The first-order valence-corrected chi connectivity index (χ1v) is 22.4. The molecule has 1 aromatic heterocycles. The van der Waals surface area contributed by atoms with E-state index in [1.165, 1.54) is 4.90 Å². The minimum absolute atomic E-state index is 0.00312. The van der Waals surface area contributed by atoms with Crippen LogP contribution in [0.4, 0.5) is 0 Å². The van der Waals surface area contributed by atoms with Gasteiger partial charge in [0.15, 0.2) is 11.9 Å². The zero-order valence-electron chi connectivity index (χ0n) is 35.6. The lowest BCUT2D eigenvalue weighted by atomic mass is 9.57. The number of fused-ring (bicyclic) bond motifs is 2. The third-order valence-electron chi connectivity index (χ3n) is 13.5. The number of aliphatic hydroxyl groups excluding tert-OH is 1. The Kier molecular flexibility index (Phi) is 12.9. The number of ether oxygens (including phenoxy) is 2. The number of aliphatic hydroxyl groups is 1. The normalized spacial score (nSPS) is 33.1. The van der Waals surface area contributed by atoms with Crippen molar-refractivity contribution in [2.45, 2.75) is 155 Å². The highest BCUT2D eigenvalue weighted by atomic mass is 32.1. The number of hydrogen-bond acceptors (Lipinski definition) is 11. The highest BCUT2D eigenvalue weighted by molar-refractivity contribution is 7.13. The molecular formula is C44H63N5O9S. The standard InChI is InChI=1S/C44H63N5O9S/c1-25-11-16-32-26(2)34(55-41-44(32)31(25)17-18-43(7,56-41)57-58-44)21-36(52)45-19-9-8-10-35(51)48-38(42(4,5)6)40(54)49-23-30(50)20-33(49)39(53)46-22-28-12-14-29(15-13-28)37-27(3)47-24-59-37/h12-15,24-26,30-34,38,41,50H,8-11,16-23H2,1-7H3,(H,45,52)(H,46,53)(H,48,51). The van der Waals surface area contributed by atoms with Crippen LogP contribution in [0.25, 0.3) is 10.4 Å². The van der Waals surface area contributed by atoms with Gasteiger partial charge in [-0.2, -0.15) is 0 Å². The fourth-order valence-electron chi connectivity index (χ4n) is 10.1. The number of benzene rings is 1. The SMILES string of the molecule is Cc1ncsc1-c1ccc(CNC(=O)C2CC(O)CN2C(=O)C(NC(=O)CCCCNC(=O)CC2OC3OC4(C)CCC5C(C)CCC(C2C)C35OO4)C(C)(C)C)cc1. The van der Waals surface area contributed by atoms with E-state index in [1.54, 1.807) is 11.3 Å². The van der Waals surface area contributed by atoms with Crippen LogP contribution in [0.1, 0.15) is 111 Å². The highest BCUT2D eigenvalue weighted by Crippen LogP contribution is 2.60. The van der Waals surface area contributed by atoms with E-state index in [0.717, 1.165) is 47.4 Å². The molecule has 14 nitrogen and oxygen atoms in total. The summed E-state index contributed by atoms with van der Waals surface area (Å²) in [6.07, 6.45) is 3.51. The Hall–Kier alpha value is -3.47. The van der Waals surface area contributed by atoms with Gasteiger partial charge >= 0.3 is 0 Å². The number of aryl methyl sites for hydroxylation is 1. The summed E-state index contributed by atoms with van der Waals surface area (Å²) in [5.41, 5.74) is 3.41. The van der Waals surface area contributed by atoms with Crippen molar-refractivity contribution >= 4 is 35.0 Å². The van der Waals surface area contributed by atoms with Crippen molar-refractivity contribution in [3.63, 3.8) is 0 Å². The molecule has 2 aromatic rings. The van der Waals surface area contributed by atoms with Crippen molar-refractivity contribution in [2.75, 3.05) is 13.1 Å². The molecule has 11 unspecified atom stereocenters. The topological polar surface area (TPSA) is 178 Å². The molecule has 324 valence electrons. The Morgan fingerprint density at radius 1 is 1.02 bits per heavy atom. The minimum Gasteiger partial charge on any atom is -0.391 e. The van der Waals surface area contributed by atoms with Crippen LogP contribution in [0.2, 0.25) is 0 Å². The van der Waals surface area contributed by atoms with Gasteiger partial charge in [-0.05, 0) is 80.2 Å². The van der Waals surface area contributed by atoms with E-state index in [2.05, 4.69) is 34.8 Å². The summed E-state index contributed by atoms with van der Waals surface area (Å²) in [6.45, 7) is 14.5. The van der Waals surface area contributed by atoms with E-state index in [-0.39, 0.29) is 73.9 Å². The second-order valence-electron chi connectivity index (χ2n) is 18.9. The van der Waals surface area contributed by atoms with Gasteiger partial charge < -0.3 is 35.4 Å². The van der Waals surface area contributed by atoms with Crippen LogP contribution in [-0.2, 0) is 45.0 Å². The summed E-state index contributed by atoms with van der Waals surface area (Å²) in [6, 6.07) is 6.12. The zero-order valence-corrected chi connectivity index (χ0v) is 36.4. The van der Waals surface area contributed by atoms with Crippen molar-refractivity contribution in [3.8, 4) is 10.4 Å². The number of carbonyl (C=O) groups is 4. The predicted molar refractivity (Wildman–Crippen MR) is 220 cm³/mol. The number of likely N-dealkylation sites (tertiary alicyclic amines) is 1. The van der Waals surface area contributed by atoms with Gasteiger partial charge in [-0.1, -0.05) is 58.9 Å². The molecule has 6 fully saturated rings. The van der Waals surface area contributed by atoms with Gasteiger partial charge in [0.05, 0.1) is 34.7 Å². The van der Waals surface area contributed by atoms with Crippen LogP contribution < -0.4 is 16.0 Å². The lowest BCUT2D eigenvalue weighted by Crippen LogP contribution is -2.70. The number of amides is 4. The number of aromatic nitrogens is 1. The summed E-state index contributed by atoms with van der Waals surface area (Å²) < 4.78 is 13.0. The van der Waals surface area contributed by atoms with Crippen molar-refractivity contribution in [1.82, 2.24) is 25.8 Å². The molecule has 6 heterocycles. The van der Waals surface area contributed by atoms with Crippen LogP contribution in [0, 0.1) is 36.0 Å². The molecule has 8 rings (SSSR count). The molecular weight excluding hydrogens is 775 g/mol. The first kappa shape index (κ1) is 43.6. The summed E-state index contributed by atoms with van der Waals surface area (Å²) >= 11 is 1.58. The number of nitrogens with zero attached hydrogens (tertiary/aromatic N) is 2. The molecule has 11 atom stereocenters. The summed E-state index contributed by atoms with van der Waals surface area (Å²) in [5.74, 6) is -1.10. The molecule has 1 aliphatic carbocycles. The van der Waals surface area contributed by atoms with E-state index >= 15 is 0 Å². The fraction of sp³-hybridized carbons (Fsp3) is 0.705. The van der Waals surface area contributed by atoms with Crippen molar-refractivity contribution in [1.29, 1.82) is 0 Å². The Bertz CT molecular complexity index is 1850. The molecule has 59 heavy (non-hydrogen) atoms. The Morgan fingerprint density at radius 3 is 2.49 bits per heavy atom. The third-order valence-corrected chi connectivity index (χ3v) is 14.5. The molecule has 1 spiro atoms. The number of β-amino-alcohol motifs (C(OH)–C–C–N with tert-alkyl or cyclic N) is 1. The molecule has 4 N–H and O–H groups in total. The van der Waals surface area contributed by atoms with Gasteiger partial charge in [0.25, 0.3) is 0 Å². The zero-order chi connectivity index (χ0) is 42.3. The second-order valence-corrected chi connectivity index (χ2v) is 19.8. The highest BCUT2D eigenvalue weighted by Gasteiger charge is 2.69. The largest absolute Gasteiger partial charge is 0.391 e. The van der Waals surface area contributed by atoms with Crippen LogP contribution in [0.5, 0.6) is 0 Å². The number of carbonyl (C=O) groups excluding carboxylic acids is 4. The lowest BCUT2D eigenvalue weighted by Gasteiger charge is -2.60. The number of hydrogen-bond donors (Lipinski definition) is 4. The van der Waals surface area contributed by atoms with Crippen LogP contribution >= 0.6 is 11.3 Å². The number of nitrogens with one attached hydrogen (secondary N) is 3. The average molecular weight is 838 g/mol. The van der Waals surface area contributed by atoms with Gasteiger partial charge in [-0.3, -0.25) is 19.2 Å². The smallest absolute Gasteiger partial charge is 0.246 e. The summed E-state index contributed by atoms with van der Waals surface area (Å²) in [5, 5.41) is 19.5. The van der Waals surface area contributed by atoms with E-state index < -0.39 is 47.2 Å². The van der Waals surface area contributed by atoms with Crippen LogP contribution in [0.3, 0.4) is 0 Å². The molecule has 15 heteroatoms. The third kappa shape index (κ3) is 9.11. The number of unbranched alkanes of at least 4 members (excludes halogenated alkanes) is 1. The second kappa shape index (κ2) is 17.5. The first-order valence-electron chi connectivity index (χ1n) is 21.5.